The Morgan fingerprint density at radius 1 is 1.11 bits per heavy atom. The first-order valence-corrected chi connectivity index (χ1v) is 8.90. The van der Waals surface area contributed by atoms with Crippen molar-refractivity contribution < 1.29 is 33.4 Å². The van der Waals surface area contributed by atoms with Crippen molar-refractivity contribution in [3.63, 3.8) is 0 Å². The summed E-state index contributed by atoms with van der Waals surface area (Å²) >= 11 is 0.974. The Hall–Kier alpha value is -3.40. The van der Waals surface area contributed by atoms with E-state index in [4.69, 9.17) is 4.74 Å². The van der Waals surface area contributed by atoms with Gasteiger partial charge in [-0.05, 0) is 12.1 Å². The number of thioether (sulfide) groups is 1. The average molecular weight is 402 g/mol. The fourth-order valence-corrected chi connectivity index (χ4v) is 3.73. The van der Waals surface area contributed by atoms with Crippen LogP contribution in [0.3, 0.4) is 0 Å². The number of fused-ring (bicyclic) bond motifs is 1. The summed E-state index contributed by atoms with van der Waals surface area (Å²) in [6.45, 7) is 0. The molecule has 2 aliphatic rings. The first kappa shape index (κ1) is 19.4. The Bertz CT molecular complexity index is 945. The second kappa shape index (κ2) is 7.69. The van der Waals surface area contributed by atoms with Crippen LogP contribution in [-0.4, -0.2) is 54.9 Å². The zero-order valence-electron chi connectivity index (χ0n) is 14.8. The van der Waals surface area contributed by atoms with Crippen LogP contribution < -0.4 is 5.32 Å². The molecule has 144 valence electrons. The maximum atomic E-state index is 12.8. The largest absolute Gasteiger partial charge is 0.464 e. The summed E-state index contributed by atoms with van der Waals surface area (Å²) in [4.78, 5) is 61.9. The zero-order chi connectivity index (χ0) is 20.4. The number of aldehydes is 1. The predicted octanol–water partition coefficient (Wildman–Crippen LogP) is 0.587. The number of nitrogens with one attached hydrogen (secondary N) is 1. The van der Waals surface area contributed by atoms with Crippen LogP contribution in [-0.2, 0) is 23.9 Å². The highest BCUT2D eigenvalue weighted by atomic mass is 32.2. The van der Waals surface area contributed by atoms with Crippen LogP contribution in [0.4, 0.5) is 0 Å². The molecule has 0 atom stereocenters. The van der Waals surface area contributed by atoms with Gasteiger partial charge in [0.1, 0.15) is 17.0 Å². The van der Waals surface area contributed by atoms with E-state index in [0.717, 1.165) is 26.0 Å². The minimum Gasteiger partial charge on any atom is -0.464 e. The smallest absolute Gasteiger partial charge is 0.358 e. The molecule has 2 amide bonds. The number of esters is 2. The Kier molecular flexibility index (Phi) is 5.32. The van der Waals surface area contributed by atoms with Crippen molar-refractivity contribution in [3.05, 3.63) is 57.4 Å². The lowest BCUT2D eigenvalue weighted by Crippen LogP contribution is -2.38. The maximum Gasteiger partial charge on any atom is 0.358 e. The molecule has 0 saturated heterocycles. The van der Waals surface area contributed by atoms with Crippen molar-refractivity contribution in [3.8, 4) is 0 Å². The van der Waals surface area contributed by atoms with E-state index in [1.54, 1.807) is 12.1 Å². The van der Waals surface area contributed by atoms with Gasteiger partial charge < -0.3 is 14.8 Å². The molecule has 0 bridgehead atoms. The molecule has 3 rings (SSSR count). The summed E-state index contributed by atoms with van der Waals surface area (Å²) in [6, 6.07) is 6.14. The molecule has 9 nitrogen and oxygen atoms in total. The number of carbonyl (C=O) groups is 5. The number of benzene rings is 1. The van der Waals surface area contributed by atoms with Crippen molar-refractivity contribution in [1.82, 2.24) is 10.2 Å². The third-order valence-electron chi connectivity index (χ3n) is 4.07. The van der Waals surface area contributed by atoms with Crippen LogP contribution in [0.1, 0.15) is 20.7 Å². The lowest BCUT2D eigenvalue weighted by molar-refractivity contribution is -0.138. The van der Waals surface area contributed by atoms with Crippen molar-refractivity contribution in [2.75, 3.05) is 20.0 Å². The van der Waals surface area contributed by atoms with Crippen LogP contribution in [0.15, 0.2) is 46.3 Å². The van der Waals surface area contributed by atoms with E-state index in [1.165, 1.54) is 12.1 Å². The molecule has 2 heterocycles. The van der Waals surface area contributed by atoms with Gasteiger partial charge in [-0.15, -0.1) is 11.8 Å². The third kappa shape index (κ3) is 3.07. The Morgan fingerprint density at radius 3 is 2.21 bits per heavy atom. The monoisotopic (exact) mass is 402 g/mol. The van der Waals surface area contributed by atoms with Crippen molar-refractivity contribution >= 4 is 41.8 Å². The van der Waals surface area contributed by atoms with Crippen LogP contribution >= 0.6 is 11.8 Å². The standard InChI is InChI=1S/C18H14N2O7S/c1-26-17(24)12-9(7-21)8-28-14(19-12)13(18(25)27-2)20-15(22)10-5-3-4-6-11(10)16(20)23/h3-7,19H,8H2,1-2H3/b14-13-. The molecule has 0 radical (unpaired) electrons. The number of hydrogen-bond donors (Lipinski definition) is 1. The van der Waals surface area contributed by atoms with Gasteiger partial charge in [0.15, 0.2) is 5.70 Å². The molecular weight excluding hydrogens is 388 g/mol. The predicted molar refractivity (Wildman–Crippen MR) is 96.7 cm³/mol. The summed E-state index contributed by atoms with van der Waals surface area (Å²) in [5.41, 5.74) is -0.137. The molecule has 28 heavy (non-hydrogen) atoms. The highest BCUT2D eigenvalue weighted by Crippen LogP contribution is 2.33. The minimum absolute atomic E-state index is 0.0207. The van der Waals surface area contributed by atoms with E-state index >= 15 is 0 Å². The molecule has 0 aliphatic carbocycles. The van der Waals surface area contributed by atoms with Crippen molar-refractivity contribution in [2.45, 2.75) is 0 Å². The van der Waals surface area contributed by atoms with Gasteiger partial charge in [-0.2, -0.15) is 0 Å². The van der Waals surface area contributed by atoms with Crippen molar-refractivity contribution in [2.24, 2.45) is 0 Å². The summed E-state index contributed by atoms with van der Waals surface area (Å²) in [6.07, 6.45) is 0.489. The van der Waals surface area contributed by atoms with Gasteiger partial charge in [-0.1, -0.05) is 12.1 Å². The van der Waals surface area contributed by atoms with E-state index in [0.29, 0.717) is 11.2 Å². The highest BCUT2D eigenvalue weighted by molar-refractivity contribution is 8.03. The lowest BCUT2D eigenvalue weighted by Gasteiger charge is -2.25. The number of nitrogens with zero attached hydrogens (tertiary/aromatic N) is 1. The Balaban J connectivity index is 2.12. The van der Waals surface area contributed by atoms with Gasteiger partial charge in [-0.3, -0.25) is 14.4 Å². The maximum absolute atomic E-state index is 12.8. The number of hydrogen-bond acceptors (Lipinski definition) is 9. The SMILES string of the molecule is COC(=O)C1=C(C=O)CS/C(=C(/C(=O)OC)N2C(=O)c3ccccc3C2=O)N1. The average Bonchev–Trinajstić information content (AvgIpc) is 2.98. The van der Waals surface area contributed by atoms with Gasteiger partial charge in [0.25, 0.3) is 11.8 Å². The first-order chi connectivity index (χ1) is 13.4. The van der Waals surface area contributed by atoms with E-state index in [1.807, 2.05) is 0 Å². The van der Waals surface area contributed by atoms with Crippen LogP contribution in [0.25, 0.3) is 0 Å². The summed E-state index contributed by atoms with van der Waals surface area (Å²) in [5, 5.41) is 2.66. The molecule has 1 aromatic rings. The number of amides is 2. The third-order valence-corrected chi connectivity index (χ3v) is 5.11. The van der Waals surface area contributed by atoms with Gasteiger partial charge in [0, 0.05) is 11.3 Å². The topological polar surface area (TPSA) is 119 Å². The molecule has 0 fully saturated rings. The second-order valence-electron chi connectivity index (χ2n) is 5.58. The van der Waals surface area contributed by atoms with Crippen molar-refractivity contribution in [1.29, 1.82) is 0 Å². The molecule has 1 N–H and O–H groups in total. The van der Waals surface area contributed by atoms with Gasteiger partial charge in [0.2, 0.25) is 0 Å². The summed E-state index contributed by atoms with van der Waals surface area (Å²) in [5.74, 6) is -3.14. The van der Waals surface area contributed by atoms with Gasteiger partial charge in [-0.25, -0.2) is 14.5 Å². The molecule has 10 heteroatoms. The zero-order valence-corrected chi connectivity index (χ0v) is 15.6. The summed E-state index contributed by atoms with van der Waals surface area (Å²) < 4.78 is 9.39. The van der Waals surface area contributed by atoms with Crippen LogP contribution in [0, 0.1) is 0 Å². The van der Waals surface area contributed by atoms with Gasteiger partial charge in [0.05, 0.1) is 25.3 Å². The number of ether oxygens (including phenoxy) is 2. The Labute approximate surface area is 163 Å². The van der Waals surface area contributed by atoms with E-state index in [-0.39, 0.29) is 38.9 Å². The summed E-state index contributed by atoms with van der Waals surface area (Å²) in [7, 11) is 2.23. The minimum atomic E-state index is -0.955. The van der Waals surface area contributed by atoms with Gasteiger partial charge >= 0.3 is 11.9 Å². The normalized spacial score (nSPS) is 17.7. The molecule has 0 unspecified atom stereocenters. The molecule has 2 aliphatic heterocycles. The quantitative estimate of drug-likeness (QED) is 0.334. The van der Waals surface area contributed by atoms with E-state index in [9.17, 15) is 24.0 Å². The first-order valence-electron chi connectivity index (χ1n) is 7.91. The molecule has 0 spiro atoms. The van der Waals surface area contributed by atoms with E-state index < -0.39 is 23.8 Å². The lowest BCUT2D eigenvalue weighted by atomic mass is 10.1. The molecular formula is C18H14N2O7S. The number of carbonyl (C=O) groups excluding carboxylic acids is 5. The Morgan fingerprint density at radius 2 is 1.71 bits per heavy atom. The molecule has 1 aromatic carbocycles. The number of methoxy groups -OCH3 is 2. The molecule has 0 saturated carbocycles. The highest BCUT2D eigenvalue weighted by Gasteiger charge is 2.42. The number of imide groups is 1. The fraction of sp³-hybridized carbons (Fsp3) is 0.167. The second-order valence-corrected chi connectivity index (χ2v) is 6.57. The fourth-order valence-electron chi connectivity index (χ4n) is 2.73. The number of rotatable bonds is 4. The van der Waals surface area contributed by atoms with Crippen LogP contribution in [0.5, 0.6) is 0 Å². The molecule has 0 aromatic heterocycles. The van der Waals surface area contributed by atoms with Crippen LogP contribution in [0.2, 0.25) is 0 Å². The van der Waals surface area contributed by atoms with E-state index in [2.05, 4.69) is 10.1 Å².